The lowest BCUT2D eigenvalue weighted by Crippen LogP contribution is -2.34. The second-order valence-corrected chi connectivity index (χ2v) is 5.62. The second kappa shape index (κ2) is 4.39. The van der Waals surface area contributed by atoms with Crippen LogP contribution in [0.15, 0.2) is 18.2 Å². The van der Waals surface area contributed by atoms with E-state index in [1.54, 1.807) is 0 Å². The van der Waals surface area contributed by atoms with Gasteiger partial charge in [0.2, 0.25) is 0 Å². The maximum absolute atomic E-state index is 12.4. The molecule has 0 aliphatic carbocycles. The molecule has 2 aliphatic heterocycles. The molecule has 2 atom stereocenters. The van der Waals surface area contributed by atoms with Crippen molar-refractivity contribution in [2.24, 2.45) is 5.92 Å². The molecule has 3 heteroatoms. The maximum Gasteiger partial charge on any atom is 0.253 e. The molecule has 2 heterocycles. The Bertz CT molecular complexity index is 471. The maximum atomic E-state index is 12.4. The normalized spacial score (nSPS) is 26.4. The fraction of sp³-hybridized carbons (Fsp3) is 0.533. The van der Waals surface area contributed by atoms with Gasteiger partial charge in [-0.05, 0) is 56.0 Å². The van der Waals surface area contributed by atoms with E-state index in [0.717, 1.165) is 25.2 Å². The first kappa shape index (κ1) is 11.7. The third-order valence-corrected chi connectivity index (χ3v) is 4.40. The van der Waals surface area contributed by atoms with E-state index in [1.165, 1.54) is 17.5 Å². The number of amides is 1. The molecular formula is C15H20N2O. The van der Waals surface area contributed by atoms with Crippen molar-refractivity contribution in [2.45, 2.75) is 26.3 Å². The van der Waals surface area contributed by atoms with E-state index in [4.69, 9.17) is 0 Å². The summed E-state index contributed by atoms with van der Waals surface area (Å²) in [5, 5.41) is 3.48. The van der Waals surface area contributed by atoms with Crippen molar-refractivity contribution in [1.29, 1.82) is 0 Å². The molecule has 2 aliphatic rings. The number of aryl methyl sites for hydroxylation is 2. The summed E-state index contributed by atoms with van der Waals surface area (Å²) in [6.45, 7) is 7.04. The van der Waals surface area contributed by atoms with Gasteiger partial charge in [-0.15, -0.1) is 0 Å². The Balaban J connectivity index is 1.77. The largest absolute Gasteiger partial charge is 0.337 e. The minimum absolute atomic E-state index is 0.189. The molecule has 1 amide bonds. The molecule has 96 valence electrons. The van der Waals surface area contributed by atoms with Crippen LogP contribution in [-0.4, -0.2) is 36.5 Å². The quantitative estimate of drug-likeness (QED) is 0.816. The van der Waals surface area contributed by atoms with Crippen molar-refractivity contribution in [3.8, 4) is 0 Å². The van der Waals surface area contributed by atoms with Crippen molar-refractivity contribution in [1.82, 2.24) is 10.2 Å². The van der Waals surface area contributed by atoms with E-state index in [1.807, 2.05) is 23.1 Å². The molecule has 1 N–H and O–H groups in total. The highest BCUT2D eigenvalue weighted by Gasteiger charge is 2.38. The van der Waals surface area contributed by atoms with Crippen LogP contribution in [0, 0.1) is 19.8 Å². The molecule has 0 spiro atoms. The van der Waals surface area contributed by atoms with Gasteiger partial charge in [-0.3, -0.25) is 4.79 Å². The van der Waals surface area contributed by atoms with Crippen LogP contribution in [0.1, 0.15) is 27.9 Å². The number of fused-ring (bicyclic) bond motifs is 1. The van der Waals surface area contributed by atoms with Crippen LogP contribution in [0.2, 0.25) is 0 Å². The van der Waals surface area contributed by atoms with Crippen LogP contribution in [0.4, 0.5) is 0 Å². The van der Waals surface area contributed by atoms with E-state index in [2.05, 4.69) is 19.2 Å². The zero-order valence-corrected chi connectivity index (χ0v) is 11.1. The van der Waals surface area contributed by atoms with E-state index < -0.39 is 0 Å². The van der Waals surface area contributed by atoms with Crippen LogP contribution in [0.5, 0.6) is 0 Å². The van der Waals surface area contributed by atoms with Crippen LogP contribution in [0.25, 0.3) is 0 Å². The second-order valence-electron chi connectivity index (χ2n) is 5.62. The number of likely N-dealkylation sites (tertiary alicyclic amines) is 1. The molecule has 0 radical (unpaired) electrons. The van der Waals surface area contributed by atoms with Gasteiger partial charge in [0.15, 0.2) is 0 Å². The predicted molar refractivity (Wildman–Crippen MR) is 71.7 cm³/mol. The van der Waals surface area contributed by atoms with Crippen LogP contribution in [-0.2, 0) is 0 Å². The van der Waals surface area contributed by atoms with Crippen LogP contribution < -0.4 is 5.32 Å². The van der Waals surface area contributed by atoms with E-state index in [0.29, 0.717) is 12.0 Å². The van der Waals surface area contributed by atoms with Gasteiger partial charge in [-0.1, -0.05) is 6.07 Å². The Morgan fingerprint density at radius 2 is 2.11 bits per heavy atom. The lowest BCUT2D eigenvalue weighted by molar-refractivity contribution is 0.0782. The summed E-state index contributed by atoms with van der Waals surface area (Å²) in [6.07, 6.45) is 1.21. The summed E-state index contributed by atoms with van der Waals surface area (Å²) in [4.78, 5) is 14.4. The Hall–Kier alpha value is -1.35. The molecule has 3 nitrogen and oxygen atoms in total. The first-order chi connectivity index (χ1) is 8.65. The molecule has 3 rings (SSSR count). The minimum atomic E-state index is 0.189. The standard InChI is InChI=1S/C15H20N2O/c1-10-3-4-12(7-11(10)2)15(18)17-8-13-5-6-16-14(13)9-17/h3-4,7,13-14,16H,5-6,8-9H2,1-2H3/t13-,14+/m0/s1. The van der Waals surface area contributed by atoms with Gasteiger partial charge in [0.05, 0.1) is 0 Å². The van der Waals surface area contributed by atoms with Crippen LogP contribution in [0.3, 0.4) is 0 Å². The first-order valence-corrected chi connectivity index (χ1v) is 6.75. The lowest BCUT2D eigenvalue weighted by atomic mass is 10.1. The molecule has 0 unspecified atom stereocenters. The van der Waals surface area contributed by atoms with Gasteiger partial charge >= 0.3 is 0 Å². The Morgan fingerprint density at radius 3 is 2.83 bits per heavy atom. The molecule has 2 fully saturated rings. The third-order valence-electron chi connectivity index (χ3n) is 4.40. The third kappa shape index (κ3) is 1.93. The Morgan fingerprint density at radius 1 is 1.28 bits per heavy atom. The number of carbonyl (C=O) groups is 1. The molecular weight excluding hydrogens is 224 g/mol. The number of nitrogens with zero attached hydrogens (tertiary/aromatic N) is 1. The Kier molecular flexibility index (Phi) is 2.86. The molecule has 0 saturated carbocycles. The highest BCUT2D eigenvalue weighted by Crippen LogP contribution is 2.26. The van der Waals surface area contributed by atoms with Crippen molar-refractivity contribution in [3.05, 3.63) is 34.9 Å². The summed E-state index contributed by atoms with van der Waals surface area (Å²) < 4.78 is 0. The lowest BCUT2D eigenvalue weighted by Gasteiger charge is -2.18. The molecule has 18 heavy (non-hydrogen) atoms. The van der Waals surface area contributed by atoms with Crippen molar-refractivity contribution < 1.29 is 4.79 Å². The SMILES string of the molecule is Cc1ccc(C(=O)N2C[C@@H]3CCN[C@@H]3C2)cc1C. The molecule has 1 aromatic carbocycles. The minimum Gasteiger partial charge on any atom is -0.337 e. The van der Waals surface area contributed by atoms with Gasteiger partial charge in [-0.2, -0.15) is 0 Å². The van der Waals surface area contributed by atoms with Gasteiger partial charge in [-0.25, -0.2) is 0 Å². The number of benzene rings is 1. The van der Waals surface area contributed by atoms with Crippen molar-refractivity contribution in [3.63, 3.8) is 0 Å². The number of carbonyl (C=O) groups excluding carboxylic acids is 1. The fourth-order valence-corrected chi connectivity index (χ4v) is 3.07. The smallest absolute Gasteiger partial charge is 0.253 e. The van der Waals surface area contributed by atoms with Crippen LogP contribution >= 0.6 is 0 Å². The van der Waals surface area contributed by atoms with E-state index >= 15 is 0 Å². The molecule has 0 bridgehead atoms. The predicted octanol–water partition coefficient (Wildman–Crippen LogP) is 1.74. The molecule has 1 aromatic rings. The summed E-state index contributed by atoms with van der Waals surface area (Å²) >= 11 is 0. The number of rotatable bonds is 1. The number of hydrogen-bond donors (Lipinski definition) is 1. The Labute approximate surface area is 108 Å². The van der Waals surface area contributed by atoms with E-state index in [9.17, 15) is 4.79 Å². The van der Waals surface area contributed by atoms with Gasteiger partial charge in [0, 0.05) is 24.7 Å². The summed E-state index contributed by atoms with van der Waals surface area (Å²) in [5.41, 5.74) is 3.27. The topological polar surface area (TPSA) is 32.3 Å². The average Bonchev–Trinajstić information content (AvgIpc) is 2.92. The monoisotopic (exact) mass is 244 g/mol. The van der Waals surface area contributed by atoms with Crippen molar-refractivity contribution >= 4 is 5.91 Å². The fourth-order valence-electron chi connectivity index (χ4n) is 3.07. The summed E-state index contributed by atoms with van der Waals surface area (Å²) in [6, 6.07) is 6.53. The van der Waals surface area contributed by atoms with E-state index in [-0.39, 0.29) is 5.91 Å². The van der Waals surface area contributed by atoms with Crippen molar-refractivity contribution in [2.75, 3.05) is 19.6 Å². The number of hydrogen-bond acceptors (Lipinski definition) is 2. The highest BCUT2D eigenvalue weighted by molar-refractivity contribution is 5.94. The average molecular weight is 244 g/mol. The first-order valence-electron chi connectivity index (χ1n) is 6.75. The molecule has 0 aromatic heterocycles. The molecule has 2 saturated heterocycles. The summed E-state index contributed by atoms with van der Waals surface area (Å²) in [5.74, 6) is 0.856. The number of nitrogens with one attached hydrogen (secondary N) is 1. The zero-order valence-electron chi connectivity index (χ0n) is 11.1. The highest BCUT2D eigenvalue weighted by atomic mass is 16.2. The summed E-state index contributed by atoms with van der Waals surface area (Å²) in [7, 11) is 0. The zero-order chi connectivity index (χ0) is 12.7. The van der Waals surface area contributed by atoms with Gasteiger partial charge in [0.25, 0.3) is 5.91 Å². The van der Waals surface area contributed by atoms with Gasteiger partial charge < -0.3 is 10.2 Å². The van der Waals surface area contributed by atoms with Gasteiger partial charge in [0.1, 0.15) is 0 Å².